The van der Waals surface area contributed by atoms with Crippen molar-refractivity contribution in [2.45, 2.75) is 32.7 Å². The van der Waals surface area contributed by atoms with E-state index in [1.54, 1.807) is 19.1 Å². The zero-order valence-electron chi connectivity index (χ0n) is 14.4. The van der Waals surface area contributed by atoms with Crippen molar-refractivity contribution in [3.05, 3.63) is 52.7 Å². The largest absolute Gasteiger partial charge is 0.456 e. The molecule has 3 N–H and O–H groups in total. The number of aliphatic imine (C=N–C) groups is 1. The molecule has 0 radical (unpaired) electrons. The van der Waals surface area contributed by atoms with E-state index in [9.17, 15) is 9.18 Å². The molecule has 1 aromatic heterocycles. The molecule has 132 valence electrons. The van der Waals surface area contributed by atoms with Crippen LogP contribution in [-0.4, -0.2) is 16.8 Å². The molecule has 0 spiro atoms. The maximum atomic E-state index is 14.4. The number of amides is 1. The molecule has 1 amide bonds. The molecule has 1 atom stereocenters. The number of amidine groups is 1. The van der Waals surface area contributed by atoms with Crippen LogP contribution in [0, 0.1) is 19.7 Å². The van der Waals surface area contributed by atoms with Crippen LogP contribution in [0.2, 0.25) is 0 Å². The molecule has 7 heteroatoms. The first kappa shape index (κ1) is 17.5. The number of hydrogen-bond donors (Lipinski definition) is 2. The molecule has 0 fully saturated rings. The smallest absolute Gasteiger partial charge is 0.291 e. The molecular formula is C18H20FN3O2S. The molecule has 0 saturated heterocycles. The van der Waals surface area contributed by atoms with E-state index < -0.39 is 5.54 Å². The van der Waals surface area contributed by atoms with E-state index in [4.69, 9.17) is 10.2 Å². The molecule has 0 bridgehead atoms. The second-order valence-electron chi connectivity index (χ2n) is 6.32. The number of nitrogens with zero attached hydrogens (tertiary/aromatic N) is 1. The van der Waals surface area contributed by atoms with Gasteiger partial charge in [-0.2, -0.15) is 0 Å². The molecule has 1 aliphatic heterocycles. The number of carbonyl (C=O) groups is 1. The van der Waals surface area contributed by atoms with Crippen molar-refractivity contribution in [3.63, 3.8) is 0 Å². The first-order valence-electron chi connectivity index (χ1n) is 7.95. The van der Waals surface area contributed by atoms with Crippen LogP contribution in [0.4, 0.5) is 10.1 Å². The summed E-state index contributed by atoms with van der Waals surface area (Å²) in [7, 11) is 0. The minimum Gasteiger partial charge on any atom is -0.456 e. The van der Waals surface area contributed by atoms with E-state index in [1.807, 2.05) is 13.8 Å². The predicted molar refractivity (Wildman–Crippen MR) is 98.6 cm³/mol. The Labute approximate surface area is 149 Å². The Morgan fingerprint density at radius 1 is 1.40 bits per heavy atom. The normalized spacial score (nSPS) is 20.2. The first-order valence-corrected chi connectivity index (χ1v) is 8.93. The van der Waals surface area contributed by atoms with E-state index >= 15 is 0 Å². The van der Waals surface area contributed by atoms with E-state index in [0.717, 1.165) is 11.3 Å². The Balaban J connectivity index is 1.89. The van der Waals surface area contributed by atoms with Crippen molar-refractivity contribution >= 4 is 28.5 Å². The second kappa shape index (κ2) is 6.55. The number of carbonyl (C=O) groups excluding carboxylic acids is 1. The summed E-state index contributed by atoms with van der Waals surface area (Å²) in [5.41, 5.74) is 6.89. The molecule has 3 rings (SSSR count). The van der Waals surface area contributed by atoms with Gasteiger partial charge in [0.05, 0.1) is 5.54 Å². The summed E-state index contributed by atoms with van der Waals surface area (Å²) in [6.07, 6.45) is 0.670. The molecule has 2 aromatic rings. The van der Waals surface area contributed by atoms with Crippen LogP contribution in [0.1, 0.15) is 40.8 Å². The molecule has 25 heavy (non-hydrogen) atoms. The summed E-state index contributed by atoms with van der Waals surface area (Å²) in [5, 5.41) is 3.20. The van der Waals surface area contributed by atoms with Gasteiger partial charge >= 0.3 is 0 Å². The Morgan fingerprint density at radius 2 is 2.16 bits per heavy atom. The first-order chi connectivity index (χ1) is 11.8. The highest BCUT2D eigenvalue weighted by Gasteiger charge is 2.32. The topological polar surface area (TPSA) is 80.6 Å². The van der Waals surface area contributed by atoms with Gasteiger partial charge in [0.25, 0.3) is 5.91 Å². The average molecular weight is 361 g/mol. The Bertz CT molecular complexity index is 843. The monoisotopic (exact) mass is 361 g/mol. The van der Waals surface area contributed by atoms with Gasteiger partial charge in [0.1, 0.15) is 11.6 Å². The van der Waals surface area contributed by atoms with Crippen LogP contribution in [0.25, 0.3) is 0 Å². The maximum absolute atomic E-state index is 14.4. The lowest BCUT2D eigenvalue weighted by Gasteiger charge is -2.30. The standard InChI is InChI=1S/C18H20FN3O2S/c1-10-8-15(24-11(10)2)16(23)21-12-4-5-14(19)13(9-12)18(3)6-7-25-17(20)22-18/h4-5,8-9H,6-7H2,1-3H3,(H2,20,22)(H,21,23). The molecule has 1 aromatic carbocycles. The number of hydrogen-bond acceptors (Lipinski definition) is 5. The van der Waals surface area contributed by atoms with Gasteiger partial charge in [-0.05, 0) is 57.0 Å². The number of benzene rings is 1. The third-order valence-electron chi connectivity index (χ3n) is 4.39. The van der Waals surface area contributed by atoms with Crippen LogP contribution in [-0.2, 0) is 5.54 Å². The number of nitrogens with one attached hydrogen (secondary N) is 1. The van der Waals surface area contributed by atoms with Crippen molar-refractivity contribution in [1.29, 1.82) is 0 Å². The number of aryl methyl sites for hydroxylation is 2. The lowest BCUT2D eigenvalue weighted by Crippen LogP contribution is -2.29. The summed E-state index contributed by atoms with van der Waals surface area (Å²) < 4.78 is 19.8. The fourth-order valence-corrected chi connectivity index (χ4v) is 3.75. The van der Waals surface area contributed by atoms with E-state index in [1.165, 1.54) is 23.9 Å². The van der Waals surface area contributed by atoms with Crippen LogP contribution in [0.15, 0.2) is 33.7 Å². The minimum absolute atomic E-state index is 0.225. The van der Waals surface area contributed by atoms with Gasteiger partial charge in [0, 0.05) is 17.0 Å². The third kappa shape index (κ3) is 3.56. The van der Waals surface area contributed by atoms with Gasteiger partial charge in [-0.1, -0.05) is 11.8 Å². The summed E-state index contributed by atoms with van der Waals surface area (Å²) in [5.74, 6) is 0.951. The molecule has 1 unspecified atom stereocenters. The summed E-state index contributed by atoms with van der Waals surface area (Å²) in [4.78, 5) is 16.8. The van der Waals surface area contributed by atoms with Crippen molar-refractivity contribution in [2.24, 2.45) is 10.7 Å². The molecule has 5 nitrogen and oxygen atoms in total. The number of thioether (sulfide) groups is 1. The fourth-order valence-electron chi connectivity index (χ4n) is 2.77. The number of furan rings is 1. The Hall–Kier alpha value is -2.28. The zero-order valence-corrected chi connectivity index (χ0v) is 15.2. The number of halogens is 1. The van der Waals surface area contributed by atoms with Gasteiger partial charge in [-0.3, -0.25) is 9.79 Å². The maximum Gasteiger partial charge on any atom is 0.291 e. The van der Waals surface area contributed by atoms with Crippen LogP contribution >= 0.6 is 11.8 Å². The van der Waals surface area contributed by atoms with E-state index in [-0.39, 0.29) is 17.5 Å². The third-order valence-corrected chi connectivity index (χ3v) is 5.19. The van der Waals surface area contributed by atoms with E-state index in [2.05, 4.69) is 10.3 Å². The predicted octanol–water partition coefficient (Wildman–Crippen LogP) is 3.95. The van der Waals surface area contributed by atoms with Gasteiger partial charge in [0.2, 0.25) is 0 Å². The molecule has 2 heterocycles. The van der Waals surface area contributed by atoms with Gasteiger partial charge in [0.15, 0.2) is 10.9 Å². The Kier molecular flexibility index (Phi) is 4.60. The van der Waals surface area contributed by atoms with Crippen LogP contribution in [0.5, 0.6) is 0 Å². The van der Waals surface area contributed by atoms with Gasteiger partial charge in [-0.15, -0.1) is 0 Å². The molecular weight excluding hydrogens is 341 g/mol. The van der Waals surface area contributed by atoms with Crippen LogP contribution < -0.4 is 11.1 Å². The highest BCUT2D eigenvalue weighted by molar-refractivity contribution is 8.13. The summed E-state index contributed by atoms with van der Waals surface area (Å²) in [6.45, 7) is 5.52. The highest BCUT2D eigenvalue weighted by Crippen LogP contribution is 2.37. The average Bonchev–Trinajstić information content (AvgIpc) is 2.88. The number of anilines is 1. The lowest BCUT2D eigenvalue weighted by atomic mass is 9.89. The SMILES string of the molecule is Cc1cc(C(=O)Nc2ccc(F)c(C3(C)CCSC(N)=N3)c2)oc1C. The van der Waals surface area contributed by atoms with Crippen molar-refractivity contribution in [1.82, 2.24) is 0 Å². The summed E-state index contributed by atoms with van der Waals surface area (Å²) in [6, 6.07) is 6.15. The quantitative estimate of drug-likeness (QED) is 0.867. The minimum atomic E-state index is -0.738. The van der Waals surface area contributed by atoms with Gasteiger partial charge < -0.3 is 15.5 Å². The number of rotatable bonds is 3. The lowest BCUT2D eigenvalue weighted by molar-refractivity contribution is 0.0995. The van der Waals surface area contributed by atoms with Crippen molar-refractivity contribution in [2.75, 3.05) is 11.1 Å². The molecule has 0 aliphatic carbocycles. The summed E-state index contributed by atoms with van der Waals surface area (Å²) >= 11 is 1.46. The van der Waals surface area contributed by atoms with Crippen molar-refractivity contribution in [3.8, 4) is 0 Å². The second-order valence-corrected chi connectivity index (χ2v) is 7.44. The van der Waals surface area contributed by atoms with Crippen molar-refractivity contribution < 1.29 is 13.6 Å². The number of nitrogens with two attached hydrogens (primary N) is 1. The van der Waals surface area contributed by atoms with Gasteiger partial charge in [-0.25, -0.2) is 4.39 Å². The molecule has 1 aliphatic rings. The zero-order chi connectivity index (χ0) is 18.2. The fraction of sp³-hybridized carbons (Fsp3) is 0.333. The Morgan fingerprint density at radius 3 is 2.80 bits per heavy atom. The highest BCUT2D eigenvalue weighted by atomic mass is 32.2. The van der Waals surface area contributed by atoms with E-state index in [0.29, 0.717) is 28.6 Å². The molecule has 0 saturated carbocycles. The van der Waals surface area contributed by atoms with Crippen LogP contribution in [0.3, 0.4) is 0 Å².